The average molecular weight is 263 g/mol. The summed E-state index contributed by atoms with van der Waals surface area (Å²) < 4.78 is 1.02. The van der Waals surface area contributed by atoms with Gasteiger partial charge in [0.25, 0.3) is 0 Å². The molecule has 13 heavy (non-hydrogen) atoms. The topological polar surface area (TPSA) is 37.3 Å². The minimum atomic E-state index is -0.755. The van der Waals surface area contributed by atoms with Gasteiger partial charge >= 0.3 is 5.97 Å². The van der Waals surface area contributed by atoms with Gasteiger partial charge < -0.3 is 5.11 Å². The molecule has 0 aliphatic carbocycles. The average Bonchev–Trinajstić information content (AvgIpc) is 2.32. The van der Waals surface area contributed by atoms with Gasteiger partial charge in [-0.3, -0.25) is 4.79 Å². The molecule has 2 nitrogen and oxygen atoms in total. The molecule has 0 spiro atoms. The van der Waals surface area contributed by atoms with Crippen molar-refractivity contribution in [3.8, 4) is 0 Å². The Morgan fingerprint density at radius 3 is 2.69 bits per heavy atom. The molecule has 1 rings (SSSR count). The maximum absolute atomic E-state index is 10.6. The number of carbonyl (C=O) groups is 1. The number of rotatable bonds is 3. The van der Waals surface area contributed by atoms with Crippen LogP contribution < -0.4 is 0 Å². The van der Waals surface area contributed by atoms with Gasteiger partial charge in [-0.15, -0.1) is 11.3 Å². The molecule has 0 bridgehead atoms. The van der Waals surface area contributed by atoms with E-state index in [0.717, 1.165) is 9.35 Å². The van der Waals surface area contributed by atoms with Crippen molar-refractivity contribution in [1.82, 2.24) is 0 Å². The Morgan fingerprint density at radius 2 is 2.31 bits per heavy atom. The van der Waals surface area contributed by atoms with Gasteiger partial charge in [-0.05, 0) is 22.0 Å². The van der Waals surface area contributed by atoms with Crippen molar-refractivity contribution in [2.45, 2.75) is 25.7 Å². The number of aliphatic carboxylic acids is 1. The Kier molecular flexibility index (Phi) is 3.14. The SMILES string of the molecule is CC(C)(CC(=O)O)c1cc(Br)cs1. The van der Waals surface area contributed by atoms with E-state index in [1.54, 1.807) is 11.3 Å². The van der Waals surface area contributed by atoms with Crippen LogP contribution >= 0.6 is 27.3 Å². The van der Waals surface area contributed by atoms with E-state index in [0.29, 0.717) is 0 Å². The van der Waals surface area contributed by atoms with E-state index in [9.17, 15) is 4.79 Å². The first-order chi connectivity index (χ1) is 5.92. The molecule has 1 N–H and O–H groups in total. The highest BCUT2D eigenvalue weighted by molar-refractivity contribution is 9.10. The van der Waals surface area contributed by atoms with Gasteiger partial charge in [0.2, 0.25) is 0 Å². The van der Waals surface area contributed by atoms with E-state index in [2.05, 4.69) is 15.9 Å². The third kappa shape index (κ3) is 2.81. The number of carboxylic acids is 1. The van der Waals surface area contributed by atoms with Gasteiger partial charge in [-0.2, -0.15) is 0 Å². The number of carboxylic acid groups (broad SMARTS) is 1. The fourth-order valence-electron chi connectivity index (χ4n) is 1.13. The molecule has 0 amide bonds. The van der Waals surface area contributed by atoms with Crippen LogP contribution in [-0.2, 0) is 10.2 Å². The summed E-state index contributed by atoms with van der Waals surface area (Å²) >= 11 is 4.94. The minimum Gasteiger partial charge on any atom is -0.481 e. The number of hydrogen-bond donors (Lipinski definition) is 1. The summed E-state index contributed by atoms with van der Waals surface area (Å²) in [6, 6.07) is 1.98. The first-order valence-corrected chi connectivity index (χ1v) is 5.55. The molecule has 1 aromatic heterocycles. The van der Waals surface area contributed by atoms with Crippen molar-refractivity contribution in [3.63, 3.8) is 0 Å². The van der Waals surface area contributed by atoms with E-state index in [1.165, 1.54) is 0 Å². The van der Waals surface area contributed by atoms with Crippen LogP contribution in [-0.4, -0.2) is 11.1 Å². The van der Waals surface area contributed by atoms with Crippen molar-refractivity contribution in [3.05, 3.63) is 20.8 Å². The number of halogens is 1. The summed E-state index contributed by atoms with van der Waals surface area (Å²) in [5, 5.41) is 10.7. The van der Waals surface area contributed by atoms with E-state index in [1.807, 2.05) is 25.3 Å². The third-order valence-electron chi connectivity index (χ3n) is 1.83. The zero-order valence-corrected chi connectivity index (χ0v) is 9.91. The van der Waals surface area contributed by atoms with Crippen LogP contribution in [0.2, 0.25) is 0 Å². The second-order valence-corrected chi connectivity index (χ2v) is 5.41. The predicted octanol–water partition coefficient (Wildman–Crippen LogP) is 3.26. The summed E-state index contributed by atoms with van der Waals surface area (Å²) in [5.74, 6) is -0.755. The second kappa shape index (κ2) is 3.80. The van der Waals surface area contributed by atoms with Crippen LogP contribution in [0.3, 0.4) is 0 Å². The smallest absolute Gasteiger partial charge is 0.304 e. The van der Waals surface area contributed by atoms with Crippen molar-refractivity contribution in [2.24, 2.45) is 0 Å². The Morgan fingerprint density at radius 1 is 1.69 bits per heavy atom. The fraction of sp³-hybridized carbons (Fsp3) is 0.444. The van der Waals surface area contributed by atoms with Crippen LogP contribution in [0.25, 0.3) is 0 Å². The fourth-order valence-corrected chi connectivity index (χ4v) is 2.69. The Balaban J connectivity index is 2.86. The lowest BCUT2D eigenvalue weighted by Gasteiger charge is -2.20. The highest BCUT2D eigenvalue weighted by Crippen LogP contribution is 2.33. The van der Waals surface area contributed by atoms with Crippen LogP contribution in [0, 0.1) is 0 Å². The monoisotopic (exact) mass is 262 g/mol. The van der Waals surface area contributed by atoms with Gasteiger partial charge in [0.05, 0.1) is 6.42 Å². The maximum Gasteiger partial charge on any atom is 0.304 e. The molecule has 0 unspecified atom stereocenters. The molecule has 0 atom stereocenters. The highest BCUT2D eigenvalue weighted by Gasteiger charge is 2.25. The van der Waals surface area contributed by atoms with E-state index >= 15 is 0 Å². The lowest BCUT2D eigenvalue weighted by atomic mass is 9.88. The molecular weight excluding hydrogens is 252 g/mol. The standard InChI is InChI=1S/C9H11BrO2S/c1-9(2,4-8(11)12)7-3-6(10)5-13-7/h3,5H,4H2,1-2H3,(H,11,12). The molecule has 72 valence electrons. The van der Waals surface area contributed by atoms with Crippen LogP contribution in [0.15, 0.2) is 15.9 Å². The van der Waals surface area contributed by atoms with Crippen LogP contribution in [0.4, 0.5) is 0 Å². The van der Waals surface area contributed by atoms with Gasteiger partial charge in [0, 0.05) is 20.1 Å². The summed E-state index contributed by atoms with van der Waals surface area (Å²) in [4.78, 5) is 11.7. The Bertz CT molecular complexity index is 317. The van der Waals surface area contributed by atoms with Crippen molar-refractivity contribution >= 4 is 33.2 Å². The van der Waals surface area contributed by atoms with Crippen molar-refractivity contribution < 1.29 is 9.90 Å². The summed E-state index contributed by atoms with van der Waals surface area (Å²) in [6.45, 7) is 3.89. The molecule has 0 radical (unpaired) electrons. The van der Waals surface area contributed by atoms with Crippen molar-refractivity contribution in [1.29, 1.82) is 0 Å². The first-order valence-electron chi connectivity index (χ1n) is 3.88. The van der Waals surface area contributed by atoms with Crippen molar-refractivity contribution in [2.75, 3.05) is 0 Å². The minimum absolute atomic E-state index is 0.167. The van der Waals surface area contributed by atoms with Gasteiger partial charge in [0.15, 0.2) is 0 Å². The summed E-state index contributed by atoms with van der Waals surface area (Å²) in [6.07, 6.45) is 0.167. The molecule has 0 fully saturated rings. The molecule has 1 heterocycles. The molecule has 0 aliphatic rings. The normalized spacial score (nSPS) is 11.6. The van der Waals surface area contributed by atoms with Gasteiger partial charge in [0.1, 0.15) is 0 Å². The molecule has 0 saturated heterocycles. The predicted molar refractivity (Wildman–Crippen MR) is 57.3 cm³/mol. The van der Waals surface area contributed by atoms with Crippen LogP contribution in [0.1, 0.15) is 25.1 Å². The molecule has 1 aromatic rings. The maximum atomic E-state index is 10.6. The Hall–Kier alpha value is -0.350. The number of hydrogen-bond acceptors (Lipinski definition) is 2. The van der Waals surface area contributed by atoms with E-state index < -0.39 is 5.97 Å². The molecular formula is C9H11BrO2S. The summed E-state index contributed by atoms with van der Waals surface area (Å²) in [7, 11) is 0. The van der Waals surface area contributed by atoms with Gasteiger partial charge in [-0.1, -0.05) is 13.8 Å². The zero-order chi connectivity index (χ0) is 10.1. The van der Waals surface area contributed by atoms with E-state index in [-0.39, 0.29) is 11.8 Å². The molecule has 4 heteroatoms. The Labute approximate surface area is 89.7 Å². The quantitative estimate of drug-likeness (QED) is 0.908. The molecule has 0 aliphatic heterocycles. The first kappa shape index (κ1) is 10.7. The largest absolute Gasteiger partial charge is 0.481 e. The molecule has 0 aromatic carbocycles. The summed E-state index contributed by atoms with van der Waals surface area (Å²) in [5.41, 5.74) is -0.275. The van der Waals surface area contributed by atoms with Crippen LogP contribution in [0.5, 0.6) is 0 Å². The second-order valence-electron chi connectivity index (χ2n) is 3.58. The third-order valence-corrected chi connectivity index (χ3v) is 3.88. The van der Waals surface area contributed by atoms with E-state index in [4.69, 9.17) is 5.11 Å². The lowest BCUT2D eigenvalue weighted by Crippen LogP contribution is -2.20. The van der Waals surface area contributed by atoms with Gasteiger partial charge in [-0.25, -0.2) is 0 Å². The molecule has 0 saturated carbocycles. The lowest BCUT2D eigenvalue weighted by molar-refractivity contribution is -0.138. The number of thiophene rings is 1. The highest BCUT2D eigenvalue weighted by atomic mass is 79.9. The zero-order valence-electron chi connectivity index (χ0n) is 7.50.